The van der Waals surface area contributed by atoms with Crippen molar-refractivity contribution in [1.82, 2.24) is 14.5 Å². The Balaban J connectivity index is 1.94. The molecule has 5 heteroatoms. The van der Waals surface area contributed by atoms with Crippen molar-refractivity contribution in [3.63, 3.8) is 0 Å². The van der Waals surface area contributed by atoms with Crippen LogP contribution < -0.4 is 5.69 Å². The number of ether oxygens (including phenoxy) is 1. The van der Waals surface area contributed by atoms with Crippen LogP contribution in [-0.2, 0) is 4.74 Å². The molecular formula is C10H17N3O2. The Labute approximate surface area is 88.7 Å². The quantitative estimate of drug-likeness (QED) is 0.769. The van der Waals surface area contributed by atoms with E-state index in [9.17, 15) is 4.79 Å². The molecule has 15 heavy (non-hydrogen) atoms. The molecule has 0 aliphatic carbocycles. The second-order valence-corrected chi connectivity index (χ2v) is 3.93. The van der Waals surface area contributed by atoms with Crippen molar-refractivity contribution in [2.75, 3.05) is 32.8 Å². The van der Waals surface area contributed by atoms with Gasteiger partial charge in [0.1, 0.15) is 0 Å². The van der Waals surface area contributed by atoms with E-state index in [-0.39, 0.29) is 11.7 Å². The van der Waals surface area contributed by atoms with Gasteiger partial charge >= 0.3 is 5.69 Å². The monoisotopic (exact) mass is 211 g/mol. The molecule has 1 atom stereocenters. The topological polar surface area (TPSA) is 50.3 Å². The van der Waals surface area contributed by atoms with E-state index in [0.717, 1.165) is 32.8 Å². The van der Waals surface area contributed by atoms with E-state index >= 15 is 0 Å². The van der Waals surface area contributed by atoms with Crippen LogP contribution in [0.4, 0.5) is 0 Å². The number of nitrogens with one attached hydrogen (secondary N) is 1. The third-order valence-electron chi connectivity index (χ3n) is 2.78. The molecule has 1 saturated heterocycles. The van der Waals surface area contributed by atoms with Gasteiger partial charge in [0.25, 0.3) is 0 Å². The fourth-order valence-corrected chi connectivity index (χ4v) is 1.92. The molecule has 1 aliphatic heterocycles. The van der Waals surface area contributed by atoms with E-state index in [4.69, 9.17) is 4.74 Å². The van der Waals surface area contributed by atoms with Crippen molar-refractivity contribution in [1.29, 1.82) is 0 Å². The van der Waals surface area contributed by atoms with Crippen LogP contribution in [0.5, 0.6) is 0 Å². The molecule has 5 nitrogen and oxygen atoms in total. The molecule has 84 valence electrons. The lowest BCUT2D eigenvalue weighted by molar-refractivity contribution is 0.0324. The van der Waals surface area contributed by atoms with Crippen molar-refractivity contribution in [2.24, 2.45) is 0 Å². The van der Waals surface area contributed by atoms with E-state index in [2.05, 4.69) is 16.8 Å². The highest BCUT2D eigenvalue weighted by molar-refractivity contribution is 4.81. The number of hydrogen-bond acceptors (Lipinski definition) is 3. The molecule has 0 aromatic carbocycles. The first-order valence-electron chi connectivity index (χ1n) is 5.33. The Morgan fingerprint density at radius 2 is 2.27 bits per heavy atom. The predicted octanol–water partition coefficient (Wildman–Crippen LogP) is 0.0696. The second-order valence-electron chi connectivity index (χ2n) is 3.93. The van der Waals surface area contributed by atoms with Crippen molar-refractivity contribution in [3.05, 3.63) is 22.9 Å². The van der Waals surface area contributed by atoms with Gasteiger partial charge in [-0.3, -0.25) is 9.47 Å². The summed E-state index contributed by atoms with van der Waals surface area (Å²) in [5.41, 5.74) is -0.0317. The summed E-state index contributed by atoms with van der Waals surface area (Å²) in [6.07, 6.45) is 3.48. The summed E-state index contributed by atoms with van der Waals surface area (Å²) in [5.74, 6) is 0. The number of aromatic nitrogens is 2. The lowest BCUT2D eigenvalue weighted by Gasteiger charge is -2.29. The molecule has 0 radical (unpaired) electrons. The van der Waals surface area contributed by atoms with Crippen molar-refractivity contribution in [3.8, 4) is 0 Å². The van der Waals surface area contributed by atoms with E-state index in [1.165, 1.54) is 0 Å². The molecular weight excluding hydrogens is 194 g/mol. The minimum absolute atomic E-state index is 0.0317. The Bertz CT molecular complexity index is 352. The molecule has 2 heterocycles. The summed E-state index contributed by atoms with van der Waals surface area (Å²) in [7, 11) is 0. The second kappa shape index (κ2) is 4.63. The first-order valence-corrected chi connectivity index (χ1v) is 5.33. The minimum Gasteiger partial charge on any atom is -0.379 e. The standard InChI is InChI=1S/C10H17N3O2/c1-9(13-3-2-11-10(13)14)8-12-4-6-15-7-5-12/h2-3,9H,4-8H2,1H3,(H,11,14). The highest BCUT2D eigenvalue weighted by Crippen LogP contribution is 2.06. The Hall–Kier alpha value is -1.07. The van der Waals surface area contributed by atoms with Crippen molar-refractivity contribution >= 4 is 0 Å². The first-order chi connectivity index (χ1) is 7.27. The van der Waals surface area contributed by atoms with Gasteiger partial charge in [0, 0.05) is 38.1 Å². The maximum Gasteiger partial charge on any atom is 0.325 e. The first kappa shape index (κ1) is 10.4. The Morgan fingerprint density at radius 1 is 1.53 bits per heavy atom. The maximum absolute atomic E-state index is 11.4. The number of hydrogen-bond donors (Lipinski definition) is 1. The third kappa shape index (κ3) is 2.49. The van der Waals surface area contributed by atoms with Crippen LogP contribution >= 0.6 is 0 Å². The number of H-pyrrole nitrogens is 1. The van der Waals surface area contributed by atoms with E-state index < -0.39 is 0 Å². The molecule has 1 aliphatic rings. The normalized spacial score (nSPS) is 20.3. The number of rotatable bonds is 3. The fourth-order valence-electron chi connectivity index (χ4n) is 1.92. The maximum atomic E-state index is 11.4. The Morgan fingerprint density at radius 3 is 2.87 bits per heavy atom. The highest BCUT2D eigenvalue weighted by Gasteiger charge is 2.15. The van der Waals surface area contributed by atoms with Gasteiger partial charge in [-0.15, -0.1) is 0 Å². The molecule has 1 aromatic heterocycles. The smallest absolute Gasteiger partial charge is 0.325 e. The molecule has 0 saturated carbocycles. The predicted molar refractivity (Wildman–Crippen MR) is 57.0 cm³/mol. The van der Waals surface area contributed by atoms with Crippen LogP contribution in [0.25, 0.3) is 0 Å². The van der Waals surface area contributed by atoms with Crippen LogP contribution in [0, 0.1) is 0 Å². The summed E-state index contributed by atoms with van der Waals surface area (Å²) in [5, 5.41) is 0. The summed E-state index contributed by atoms with van der Waals surface area (Å²) >= 11 is 0. The molecule has 1 N–H and O–H groups in total. The lowest BCUT2D eigenvalue weighted by Crippen LogP contribution is -2.40. The summed E-state index contributed by atoms with van der Waals surface area (Å²) < 4.78 is 7.01. The van der Waals surface area contributed by atoms with Gasteiger partial charge in [0.05, 0.1) is 13.2 Å². The van der Waals surface area contributed by atoms with Crippen LogP contribution in [0.2, 0.25) is 0 Å². The number of aromatic amines is 1. The molecule has 1 fully saturated rings. The third-order valence-corrected chi connectivity index (χ3v) is 2.78. The molecule has 0 amide bonds. The van der Waals surface area contributed by atoms with Gasteiger partial charge in [-0.25, -0.2) is 4.79 Å². The Kier molecular flexibility index (Phi) is 3.23. The number of morpholine rings is 1. The lowest BCUT2D eigenvalue weighted by atomic mass is 10.3. The van der Waals surface area contributed by atoms with Gasteiger partial charge in [-0.1, -0.05) is 0 Å². The van der Waals surface area contributed by atoms with E-state index in [1.54, 1.807) is 17.0 Å². The average molecular weight is 211 g/mol. The van der Waals surface area contributed by atoms with E-state index in [1.807, 2.05) is 0 Å². The van der Waals surface area contributed by atoms with Crippen molar-refractivity contribution < 1.29 is 4.74 Å². The number of imidazole rings is 1. The van der Waals surface area contributed by atoms with Crippen LogP contribution in [0.1, 0.15) is 13.0 Å². The van der Waals surface area contributed by atoms with Gasteiger partial charge in [0.15, 0.2) is 0 Å². The molecule has 1 aromatic rings. The molecule has 2 rings (SSSR count). The zero-order valence-corrected chi connectivity index (χ0v) is 8.98. The minimum atomic E-state index is -0.0317. The summed E-state index contributed by atoms with van der Waals surface area (Å²) in [6.45, 7) is 6.49. The zero-order chi connectivity index (χ0) is 10.7. The molecule has 0 bridgehead atoms. The largest absolute Gasteiger partial charge is 0.379 e. The highest BCUT2D eigenvalue weighted by atomic mass is 16.5. The van der Waals surface area contributed by atoms with Crippen LogP contribution in [-0.4, -0.2) is 47.3 Å². The fraction of sp³-hybridized carbons (Fsp3) is 0.700. The molecule has 0 spiro atoms. The van der Waals surface area contributed by atoms with E-state index in [0.29, 0.717) is 0 Å². The van der Waals surface area contributed by atoms with Gasteiger partial charge < -0.3 is 9.72 Å². The number of nitrogens with zero attached hydrogens (tertiary/aromatic N) is 2. The van der Waals surface area contributed by atoms with Crippen molar-refractivity contribution in [2.45, 2.75) is 13.0 Å². The zero-order valence-electron chi connectivity index (χ0n) is 8.98. The van der Waals surface area contributed by atoms with Gasteiger partial charge in [-0.2, -0.15) is 0 Å². The van der Waals surface area contributed by atoms with Gasteiger partial charge in [0.2, 0.25) is 0 Å². The average Bonchev–Trinajstić information content (AvgIpc) is 2.66. The van der Waals surface area contributed by atoms with Crippen LogP contribution in [0.15, 0.2) is 17.2 Å². The summed E-state index contributed by atoms with van der Waals surface area (Å²) in [4.78, 5) is 16.3. The SMILES string of the molecule is CC(CN1CCOCC1)n1cc[nH]c1=O. The van der Waals surface area contributed by atoms with Gasteiger partial charge in [-0.05, 0) is 6.92 Å². The summed E-state index contributed by atoms with van der Waals surface area (Å²) in [6, 6.07) is 0.210. The van der Waals surface area contributed by atoms with Crippen LogP contribution in [0.3, 0.4) is 0 Å². The molecule has 1 unspecified atom stereocenters.